The van der Waals surface area contributed by atoms with Gasteiger partial charge in [0.1, 0.15) is 6.54 Å². The molecule has 1 aromatic rings. The molecule has 1 aliphatic rings. The largest absolute Gasteiger partial charge is 0.351 e. The van der Waals surface area contributed by atoms with Crippen LogP contribution < -0.4 is 11.1 Å². The standard InChI is InChI=1S/C15H27N5O/c1-3-6-12(16)14-9-20(19-18-14)10-15(21)17-13-8-5-4-7-11(13)2/h9,11-13H,3-8,10,16H2,1-2H3,(H,17,21). The highest BCUT2D eigenvalue weighted by Gasteiger charge is 2.23. The molecule has 1 aliphatic carbocycles. The first-order chi connectivity index (χ1) is 10.1. The molecule has 1 aromatic heterocycles. The molecule has 3 N–H and O–H groups in total. The zero-order chi connectivity index (χ0) is 15.2. The Morgan fingerprint density at radius 1 is 1.52 bits per heavy atom. The van der Waals surface area contributed by atoms with Crippen LogP contribution in [0.25, 0.3) is 0 Å². The monoisotopic (exact) mass is 293 g/mol. The van der Waals surface area contributed by atoms with Crippen LogP contribution in [0, 0.1) is 5.92 Å². The number of hydrogen-bond acceptors (Lipinski definition) is 4. The first-order valence-corrected chi connectivity index (χ1v) is 8.05. The van der Waals surface area contributed by atoms with Crippen molar-refractivity contribution >= 4 is 5.91 Å². The van der Waals surface area contributed by atoms with E-state index in [-0.39, 0.29) is 18.5 Å². The van der Waals surface area contributed by atoms with Crippen molar-refractivity contribution in [2.24, 2.45) is 11.7 Å². The molecule has 6 heteroatoms. The average molecular weight is 293 g/mol. The predicted octanol–water partition coefficient (Wildman–Crippen LogP) is 1.77. The van der Waals surface area contributed by atoms with E-state index in [1.165, 1.54) is 19.3 Å². The van der Waals surface area contributed by atoms with Gasteiger partial charge in [-0.3, -0.25) is 4.79 Å². The van der Waals surface area contributed by atoms with Crippen LogP contribution in [-0.2, 0) is 11.3 Å². The lowest BCUT2D eigenvalue weighted by Gasteiger charge is -2.29. The molecule has 21 heavy (non-hydrogen) atoms. The van der Waals surface area contributed by atoms with Crippen molar-refractivity contribution in [3.05, 3.63) is 11.9 Å². The highest BCUT2D eigenvalue weighted by molar-refractivity contribution is 5.76. The summed E-state index contributed by atoms with van der Waals surface area (Å²) in [5.41, 5.74) is 6.76. The summed E-state index contributed by atoms with van der Waals surface area (Å²) in [4.78, 5) is 12.1. The van der Waals surface area contributed by atoms with Crippen molar-refractivity contribution in [3.8, 4) is 0 Å². The van der Waals surface area contributed by atoms with E-state index in [1.807, 2.05) is 0 Å². The minimum atomic E-state index is -0.0924. The Hall–Kier alpha value is -1.43. The van der Waals surface area contributed by atoms with Gasteiger partial charge in [0.15, 0.2) is 0 Å². The Bertz CT molecular complexity index is 459. The summed E-state index contributed by atoms with van der Waals surface area (Å²) in [6.07, 6.45) is 8.42. The normalized spacial score (nSPS) is 23.8. The van der Waals surface area contributed by atoms with Gasteiger partial charge in [0.2, 0.25) is 5.91 Å². The van der Waals surface area contributed by atoms with Gasteiger partial charge in [-0.05, 0) is 25.2 Å². The smallest absolute Gasteiger partial charge is 0.242 e. The highest BCUT2D eigenvalue weighted by Crippen LogP contribution is 2.23. The van der Waals surface area contributed by atoms with Gasteiger partial charge in [-0.25, -0.2) is 4.68 Å². The summed E-state index contributed by atoms with van der Waals surface area (Å²) in [5.74, 6) is 0.571. The van der Waals surface area contributed by atoms with Crippen molar-refractivity contribution in [2.45, 2.75) is 71.0 Å². The summed E-state index contributed by atoms with van der Waals surface area (Å²) >= 11 is 0. The fraction of sp³-hybridized carbons (Fsp3) is 0.800. The van der Waals surface area contributed by atoms with E-state index in [1.54, 1.807) is 10.9 Å². The summed E-state index contributed by atoms with van der Waals surface area (Å²) in [6.45, 7) is 4.51. The summed E-state index contributed by atoms with van der Waals surface area (Å²) < 4.78 is 1.58. The molecule has 3 unspecified atom stereocenters. The van der Waals surface area contributed by atoms with E-state index >= 15 is 0 Å². The average Bonchev–Trinajstić information content (AvgIpc) is 2.90. The maximum absolute atomic E-state index is 12.1. The van der Waals surface area contributed by atoms with Gasteiger partial charge in [0.25, 0.3) is 0 Å². The van der Waals surface area contributed by atoms with Gasteiger partial charge in [-0.15, -0.1) is 5.10 Å². The summed E-state index contributed by atoms with van der Waals surface area (Å²) in [5, 5.41) is 11.2. The topological polar surface area (TPSA) is 85.8 Å². The first-order valence-electron chi connectivity index (χ1n) is 8.05. The van der Waals surface area contributed by atoms with Crippen LogP contribution in [0.1, 0.15) is 64.1 Å². The molecule has 0 radical (unpaired) electrons. The Labute approximate surface area is 126 Å². The van der Waals surface area contributed by atoms with Crippen LogP contribution in [0.4, 0.5) is 0 Å². The van der Waals surface area contributed by atoms with E-state index in [0.717, 1.165) is 25.0 Å². The number of nitrogens with zero attached hydrogens (tertiary/aromatic N) is 3. The molecule has 0 saturated heterocycles. The number of nitrogens with two attached hydrogens (primary N) is 1. The van der Waals surface area contributed by atoms with Crippen molar-refractivity contribution < 1.29 is 4.79 Å². The third kappa shape index (κ3) is 4.52. The van der Waals surface area contributed by atoms with Crippen molar-refractivity contribution in [3.63, 3.8) is 0 Å². The Balaban J connectivity index is 1.85. The molecule has 1 heterocycles. The number of carbonyl (C=O) groups excluding carboxylic acids is 1. The van der Waals surface area contributed by atoms with Gasteiger partial charge >= 0.3 is 0 Å². The van der Waals surface area contributed by atoms with Crippen molar-refractivity contribution in [2.75, 3.05) is 0 Å². The van der Waals surface area contributed by atoms with Gasteiger partial charge < -0.3 is 11.1 Å². The molecule has 1 saturated carbocycles. The molecule has 1 fully saturated rings. The molecule has 3 atom stereocenters. The molecule has 0 aromatic carbocycles. The molecule has 6 nitrogen and oxygen atoms in total. The number of carbonyl (C=O) groups is 1. The lowest BCUT2D eigenvalue weighted by Crippen LogP contribution is -2.42. The number of amides is 1. The van der Waals surface area contributed by atoms with Gasteiger partial charge in [-0.1, -0.05) is 38.3 Å². The quantitative estimate of drug-likeness (QED) is 0.837. The number of hydrogen-bond donors (Lipinski definition) is 2. The van der Waals surface area contributed by atoms with E-state index in [4.69, 9.17) is 5.73 Å². The first kappa shape index (κ1) is 15.9. The van der Waals surface area contributed by atoms with Gasteiger partial charge in [0, 0.05) is 6.04 Å². The second-order valence-electron chi connectivity index (χ2n) is 6.17. The summed E-state index contributed by atoms with van der Waals surface area (Å²) in [6, 6.07) is 0.210. The number of nitrogens with one attached hydrogen (secondary N) is 1. The third-order valence-electron chi connectivity index (χ3n) is 4.30. The lowest BCUT2D eigenvalue weighted by atomic mass is 9.86. The SMILES string of the molecule is CCCC(N)c1cn(CC(=O)NC2CCCCC2C)nn1. The van der Waals surface area contributed by atoms with Crippen LogP contribution in [0.2, 0.25) is 0 Å². The predicted molar refractivity (Wildman–Crippen MR) is 81.4 cm³/mol. The maximum Gasteiger partial charge on any atom is 0.242 e. The van der Waals surface area contributed by atoms with Crippen LogP contribution in [-0.4, -0.2) is 26.9 Å². The van der Waals surface area contributed by atoms with E-state index in [2.05, 4.69) is 29.5 Å². The molecular formula is C15H27N5O. The highest BCUT2D eigenvalue weighted by atomic mass is 16.2. The van der Waals surface area contributed by atoms with Gasteiger partial charge in [-0.2, -0.15) is 0 Å². The minimum Gasteiger partial charge on any atom is -0.351 e. The minimum absolute atomic E-state index is 0.00858. The van der Waals surface area contributed by atoms with E-state index in [0.29, 0.717) is 12.0 Å². The van der Waals surface area contributed by atoms with Gasteiger partial charge in [0.05, 0.1) is 17.9 Å². The fourth-order valence-corrected chi connectivity index (χ4v) is 2.95. The maximum atomic E-state index is 12.1. The molecule has 0 bridgehead atoms. The van der Waals surface area contributed by atoms with E-state index in [9.17, 15) is 4.79 Å². The summed E-state index contributed by atoms with van der Waals surface area (Å²) in [7, 11) is 0. The second-order valence-corrected chi connectivity index (χ2v) is 6.17. The molecule has 2 rings (SSSR count). The second kappa shape index (κ2) is 7.54. The molecular weight excluding hydrogens is 266 g/mol. The molecule has 0 spiro atoms. The third-order valence-corrected chi connectivity index (χ3v) is 4.30. The Kier molecular flexibility index (Phi) is 5.73. The zero-order valence-corrected chi connectivity index (χ0v) is 13.1. The van der Waals surface area contributed by atoms with Crippen molar-refractivity contribution in [1.29, 1.82) is 0 Å². The van der Waals surface area contributed by atoms with Crippen LogP contribution in [0.3, 0.4) is 0 Å². The number of rotatable bonds is 6. The van der Waals surface area contributed by atoms with E-state index < -0.39 is 0 Å². The Morgan fingerprint density at radius 2 is 2.29 bits per heavy atom. The zero-order valence-electron chi connectivity index (χ0n) is 13.1. The van der Waals surface area contributed by atoms with Crippen LogP contribution >= 0.6 is 0 Å². The fourth-order valence-electron chi connectivity index (χ4n) is 2.95. The van der Waals surface area contributed by atoms with Crippen LogP contribution in [0.15, 0.2) is 6.20 Å². The number of aromatic nitrogens is 3. The molecule has 1 amide bonds. The molecule has 0 aliphatic heterocycles. The van der Waals surface area contributed by atoms with Crippen LogP contribution in [0.5, 0.6) is 0 Å². The Morgan fingerprint density at radius 3 is 3.00 bits per heavy atom. The molecule has 118 valence electrons. The van der Waals surface area contributed by atoms with Crippen molar-refractivity contribution in [1.82, 2.24) is 20.3 Å². The lowest BCUT2D eigenvalue weighted by molar-refractivity contribution is -0.123.